The number of nitrogens with one attached hydrogen (secondary N) is 2. The summed E-state index contributed by atoms with van der Waals surface area (Å²) in [6.45, 7) is 7.50. The van der Waals surface area contributed by atoms with Crippen LogP contribution in [0.3, 0.4) is 0 Å². The van der Waals surface area contributed by atoms with Crippen LogP contribution in [0, 0.1) is 6.92 Å². The zero-order valence-electron chi connectivity index (χ0n) is 17.1. The van der Waals surface area contributed by atoms with Crippen LogP contribution in [0.5, 0.6) is 0 Å². The molecule has 2 amide bonds. The van der Waals surface area contributed by atoms with Crippen molar-refractivity contribution in [2.24, 2.45) is 0 Å². The number of para-hydroxylation sites is 1. The van der Waals surface area contributed by atoms with E-state index in [1.165, 1.54) is 0 Å². The number of aryl methyl sites for hydroxylation is 1. The number of anilines is 1. The van der Waals surface area contributed by atoms with Crippen molar-refractivity contribution in [3.8, 4) is 11.5 Å². The van der Waals surface area contributed by atoms with Gasteiger partial charge in [0.25, 0.3) is 5.91 Å². The lowest BCUT2D eigenvalue weighted by Crippen LogP contribution is -2.40. The molecule has 6 heteroatoms. The number of hydrogen-bond acceptors (Lipinski definition) is 4. The highest BCUT2D eigenvalue weighted by molar-refractivity contribution is 6.04. The molecule has 0 bridgehead atoms. The van der Waals surface area contributed by atoms with E-state index in [9.17, 15) is 9.59 Å². The van der Waals surface area contributed by atoms with Gasteiger partial charge in [0.2, 0.25) is 11.8 Å². The lowest BCUT2D eigenvalue weighted by Gasteiger charge is -2.21. The van der Waals surface area contributed by atoms with Crippen molar-refractivity contribution in [2.45, 2.75) is 39.7 Å². The molecule has 0 spiro atoms. The van der Waals surface area contributed by atoms with Crippen molar-refractivity contribution >= 4 is 17.5 Å². The number of oxazole rings is 1. The van der Waals surface area contributed by atoms with Gasteiger partial charge in [0.15, 0.2) is 0 Å². The fourth-order valence-electron chi connectivity index (χ4n) is 2.84. The predicted molar refractivity (Wildman–Crippen MR) is 113 cm³/mol. The van der Waals surface area contributed by atoms with Crippen LogP contribution in [0.4, 0.5) is 5.69 Å². The molecule has 3 aromatic rings. The minimum atomic E-state index is -0.375. The van der Waals surface area contributed by atoms with Gasteiger partial charge in [0.05, 0.1) is 23.4 Å². The standard InChI is InChI=1S/C23H25N3O3/c1-15-19(25-22(29-15)16-10-6-5-7-11-16)14-20(27)24-18-13-9-8-12-17(18)21(28)26-23(2,3)4/h5-13H,14H2,1-4H3,(H,24,27)(H,26,28). The van der Waals surface area contributed by atoms with Crippen molar-refractivity contribution in [3.05, 3.63) is 71.6 Å². The third kappa shape index (κ3) is 5.31. The zero-order valence-corrected chi connectivity index (χ0v) is 17.1. The summed E-state index contributed by atoms with van der Waals surface area (Å²) in [7, 11) is 0. The Labute approximate surface area is 170 Å². The summed E-state index contributed by atoms with van der Waals surface area (Å²) >= 11 is 0. The summed E-state index contributed by atoms with van der Waals surface area (Å²) in [5.74, 6) is 0.572. The van der Waals surface area contributed by atoms with Gasteiger partial charge in [-0.2, -0.15) is 0 Å². The van der Waals surface area contributed by atoms with Crippen LogP contribution < -0.4 is 10.6 Å². The van der Waals surface area contributed by atoms with Gasteiger partial charge in [-0.15, -0.1) is 0 Å². The average molecular weight is 391 g/mol. The molecular weight excluding hydrogens is 366 g/mol. The Morgan fingerprint density at radius 2 is 1.66 bits per heavy atom. The van der Waals surface area contributed by atoms with E-state index in [1.807, 2.05) is 51.1 Å². The van der Waals surface area contributed by atoms with Gasteiger partial charge >= 0.3 is 0 Å². The minimum Gasteiger partial charge on any atom is -0.441 e. The molecule has 29 heavy (non-hydrogen) atoms. The molecule has 2 aromatic carbocycles. The average Bonchev–Trinajstić information content (AvgIpc) is 3.02. The third-order valence-electron chi connectivity index (χ3n) is 4.18. The number of benzene rings is 2. The van der Waals surface area contributed by atoms with Crippen molar-refractivity contribution in [3.63, 3.8) is 0 Å². The fourth-order valence-corrected chi connectivity index (χ4v) is 2.84. The molecule has 0 saturated heterocycles. The van der Waals surface area contributed by atoms with Gasteiger partial charge in [-0.25, -0.2) is 4.98 Å². The second-order valence-electron chi connectivity index (χ2n) is 7.86. The Hall–Kier alpha value is -3.41. The quantitative estimate of drug-likeness (QED) is 0.677. The number of hydrogen-bond donors (Lipinski definition) is 2. The van der Waals surface area contributed by atoms with E-state index in [0.717, 1.165) is 5.56 Å². The highest BCUT2D eigenvalue weighted by Gasteiger charge is 2.20. The van der Waals surface area contributed by atoms with Crippen molar-refractivity contribution in [1.82, 2.24) is 10.3 Å². The second kappa shape index (κ2) is 8.31. The molecule has 3 rings (SSSR count). The maximum atomic E-state index is 12.6. The highest BCUT2D eigenvalue weighted by atomic mass is 16.4. The number of carbonyl (C=O) groups excluding carboxylic acids is 2. The van der Waals surface area contributed by atoms with Gasteiger partial charge in [-0.3, -0.25) is 9.59 Å². The Balaban J connectivity index is 1.74. The molecule has 0 aliphatic carbocycles. The lowest BCUT2D eigenvalue weighted by molar-refractivity contribution is -0.115. The molecule has 0 fully saturated rings. The molecule has 2 N–H and O–H groups in total. The van der Waals surface area contributed by atoms with E-state index >= 15 is 0 Å². The fraction of sp³-hybridized carbons (Fsp3) is 0.261. The summed E-state index contributed by atoms with van der Waals surface area (Å²) in [6, 6.07) is 16.5. The SMILES string of the molecule is Cc1oc(-c2ccccc2)nc1CC(=O)Nc1ccccc1C(=O)NC(C)(C)C. The molecule has 0 radical (unpaired) electrons. The topological polar surface area (TPSA) is 84.2 Å². The van der Waals surface area contributed by atoms with Crippen LogP contribution in [-0.4, -0.2) is 22.3 Å². The highest BCUT2D eigenvalue weighted by Crippen LogP contribution is 2.22. The van der Waals surface area contributed by atoms with Crippen molar-refractivity contribution < 1.29 is 14.0 Å². The summed E-state index contributed by atoms with van der Waals surface area (Å²) in [6.07, 6.45) is 0.0530. The first kappa shape index (κ1) is 20.3. The van der Waals surface area contributed by atoms with E-state index < -0.39 is 0 Å². The molecule has 1 heterocycles. The summed E-state index contributed by atoms with van der Waals surface area (Å²) < 4.78 is 5.71. The molecule has 0 saturated carbocycles. The lowest BCUT2D eigenvalue weighted by atomic mass is 10.1. The van der Waals surface area contributed by atoms with Gasteiger partial charge < -0.3 is 15.1 Å². The smallest absolute Gasteiger partial charge is 0.253 e. The largest absolute Gasteiger partial charge is 0.441 e. The maximum absolute atomic E-state index is 12.6. The third-order valence-corrected chi connectivity index (χ3v) is 4.18. The molecule has 0 aliphatic rings. The number of rotatable bonds is 5. The van der Waals surface area contributed by atoms with Gasteiger partial charge in [-0.05, 0) is 52.0 Å². The van der Waals surface area contributed by atoms with Crippen LogP contribution in [-0.2, 0) is 11.2 Å². The Morgan fingerprint density at radius 1 is 1.00 bits per heavy atom. The Kier molecular flexibility index (Phi) is 5.82. The molecule has 150 valence electrons. The molecule has 0 atom stereocenters. The van der Waals surface area contributed by atoms with E-state index in [1.54, 1.807) is 31.2 Å². The Morgan fingerprint density at radius 3 is 2.34 bits per heavy atom. The number of carbonyl (C=O) groups is 2. The van der Waals surface area contributed by atoms with E-state index in [4.69, 9.17) is 4.42 Å². The van der Waals surface area contributed by atoms with Crippen LogP contribution in [0.2, 0.25) is 0 Å². The zero-order chi connectivity index (χ0) is 21.0. The van der Waals surface area contributed by atoms with Gasteiger partial charge in [0.1, 0.15) is 5.76 Å². The monoisotopic (exact) mass is 391 g/mol. The molecule has 0 unspecified atom stereocenters. The van der Waals surface area contributed by atoms with E-state index in [2.05, 4.69) is 15.6 Å². The summed E-state index contributed by atoms with van der Waals surface area (Å²) in [5, 5.41) is 5.73. The van der Waals surface area contributed by atoms with Gasteiger partial charge in [-0.1, -0.05) is 30.3 Å². The number of nitrogens with zero attached hydrogens (tertiary/aromatic N) is 1. The Bertz CT molecular complexity index is 1020. The van der Waals surface area contributed by atoms with E-state index in [-0.39, 0.29) is 23.8 Å². The van der Waals surface area contributed by atoms with Crippen molar-refractivity contribution in [2.75, 3.05) is 5.32 Å². The van der Waals surface area contributed by atoms with Crippen LogP contribution in [0.25, 0.3) is 11.5 Å². The minimum absolute atomic E-state index is 0.0530. The van der Waals surface area contributed by atoms with Crippen LogP contribution in [0.1, 0.15) is 42.6 Å². The maximum Gasteiger partial charge on any atom is 0.253 e. The molecule has 0 aliphatic heterocycles. The molecular formula is C23H25N3O3. The first-order chi connectivity index (χ1) is 13.7. The van der Waals surface area contributed by atoms with Crippen LogP contribution in [0.15, 0.2) is 59.0 Å². The normalized spacial score (nSPS) is 11.2. The van der Waals surface area contributed by atoms with Gasteiger partial charge in [0, 0.05) is 11.1 Å². The van der Waals surface area contributed by atoms with Crippen LogP contribution >= 0.6 is 0 Å². The second-order valence-corrected chi connectivity index (χ2v) is 7.86. The number of aromatic nitrogens is 1. The van der Waals surface area contributed by atoms with Crippen molar-refractivity contribution in [1.29, 1.82) is 0 Å². The first-order valence-electron chi connectivity index (χ1n) is 9.46. The first-order valence-corrected chi connectivity index (χ1v) is 9.46. The molecule has 6 nitrogen and oxygen atoms in total. The number of amides is 2. The summed E-state index contributed by atoms with van der Waals surface area (Å²) in [4.78, 5) is 29.6. The molecule has 1 aromatic heterocycles. The van der Waals surface area contributed by atoms with E-state index in [0.29, 0.717) is 28.6 Å². The summed E-state index contributed by atoms with van der Waals surface area (Å²) in [5.41, 5.74) is 1.92. The predicted octanol–water partition coefficient (Wildman–Crippen LogP) is 4.36.